The van der Waals surface area contributed by atoms with Crippen LogP contribution < -0.4 is 0 Å². The van der Waals surface area contributed by atoms with E-state index < -0.39 is 0 Å². The molecular weight excluding hydrogens is 348 g/mol. The summed E-state index contributed by atoms with van der Waals surface area (Å²) in [6, 6.07) is 7.76. The zero-order valence-electron chi connectivity index (χ0n) is 15.4. The van der Waals surface area contributed by atoms with Crippen molar-refractivity contribution >= 4 is 17.7 Å². The normalized spacial score (nSPS) is 18.8. The van der Waals surface area contributed by atoms with E-state index in [1.807, 2.05) is 31.2 Å². The maximum absolute atomic E-state index is 11.8. The Morgan fingerprint density at radius 1 is 1.31 bits per heavy atom. The zero-order valence-corrected chi connectivity index (χ0v) is 16.2. The molecule has 4 nitrogen and oxygen atoms in total. The molecule has 3 rings (SSSR count). The molecule has 1 unspecified atom stereocenters. The fraction of sp³-hybridized carbons (Fsp3) is 0.571. The highest BCUT2D eigenvalue weighted by atomic mass is 35.5. The standard InChI is InChI=1S/C21H27ClN2O2/c1-2-26-21(25)24-14-12-23(13-15-24)11-10-19(18-8-9-18)7-6-17-4-3-5-20(22)16-17/h3-5,16,18-19H,2,8-15H2,1H3. The van der Waals surface area contributed by atoms with E-state index in [0.29, 0.717) is 12.5 Å². The molecule has 2 fully saturated rings. The molecule has 0 aromatic heterocycles. The third-order valence-electron chi connectivity index (χ3n) is 5.07. The fourth-order valence-electron chi connectivity index (χ4n) is 3.36. The molecule has 1 heterocycles. The van der Waals surface area contributed by atoms with Gasteiger partial charge in [0.25, 0.3) is 0 Å². The van der Waals surface area contributed by atoms with E-state index in [1.54, 1.807) is 4.90 Å². The van der Waals surface area contributed by atoms with Crippen LogP contribution in [0.4, 0.5) is 4.79 Å². The van der Waals surface area contributed by atoms with Gasteiger partial charge < -0.3 is 9.64 Å². The van der Waals surface area contributed by atoms with Gasteiger partial charge in [-0.1, -0.05) is 29.5 Å². The number of nitrogens with zero attached hydrogens (tertiary/aromatic N) is 2. The number of rotatable bonds is 5. The number of hydrogen-bond donors (Lipinski definition) is 0. The predicted octanol–water partition coefficient (Wildman–Crippen LogP) is 3.88. The van der Waals surface area contributed by atoms with Crippen molar-refractivity contribution < 1.29 is 9.53 Å². The van der Waals surface area contributed by atoms with E-state index in [2.05, 4.69) is 16.7 Å². The molecule has 0 bridgehead atoms. The highest BCUT2D eigenvalue weighted by Gasteiger charge is 2.30. The van der Waals surface area contributed by atoms with Gasteiger partial charge in [-0.15, -0.1) is 0 Å². The summed E-state index contributed by atoms with van der Waals surface area (Å²) in [6.07, 6.45) is 3.50. The van der Waals surface area contributed by atoms with E-state index in [4.69, 9.17) is 16.3 Å². The van der Waals surface area contributed by atoms with Gasteiger partial charge in [0.15, 0.2) is 0 Å². The van der Waals surface area contributed by atoms with Gasteiger partial charge in [0.1, 0.15) is 0 Å². The van der Waals surface area contributed by atoms with Crippen LogP contribution in [-0.4, -0.2) is 55.2 Å². The summed E-state index contributed by atoms with van der Waals surface area (Å²) in [5, 5.41) is 0.735. The third kappa shape index (κ3) is 5.65. The minimum Gasteiger partial charge on any atom is -0.450 e. The van der Waals surface area contributed by atoms with Crippen molar-refractivity contribution in [1.29, 1.82) is 0 Å². The molecule has 1 saturated carbocycles. The predicted molar refractivity (Wildman–Crippen MR) is 104 cm³/mol. The molecule has 0 radical (unpaired) electrons. The molecule has 140 valence electrons. The molecule has 1 aromatic carbocycles. The van der Waals surface area contributed by atoms with Crippen molar-refractivity contribution in [2.45, 2.75) is 26.2 Å². The monoisotopic (exact) mass is 374 g/mol. The fourth-order valence-corrected chi connectivity index (χ4v) is 3.55. The van der Waals surface area contributed by atoms with Crippen LogP contribution in [0.5, 0.6) is 0 Å². The maximum Gasteiger partial charge on any atom is 0.409 e. The minimum atomic E-state index is -0.185. The second kappa shape index (κ2) is 9.30. The zero-order chi connectivity index (χ0) is 18.4. The summed E-state index contributed by atoms with van der Waals surface area (Å²) >= 11 is 6.04. The van der Waals surface area contributed by atoms with Crippen molar-refractivity contribution in [2.24, 2.45) is 11.8 Å². The number of hydrogen-bond acceptors (Lipinski definition) is 3. The molecule has 1 atom stereocenters. The van der Waals surface area contributed by atoms with Gasteiger partial charge in [0, 0.05) is 42.7 Å². The number of carbonyl (C=O) groups is 1. The highest BCUT2D eigenvalue weighted by molar-refractivity contribution is 6.30. The van der Waals surface area contributed by atoms with E-state index in [1.165, 1.54) is 12.8 Å². The topological polar surface area (TPSA) is 32.8 Å². The number of halogens is 1. The number of amides is 1. The van der Waals surface area contributed by atoms with Gasteiger partial charge in [-0.2, -0.15) is 0 Å². The van der Waals surface area contributed by atoms with Gasteiger partial charge in [0.05, 0.1) is 6.61 Å². The SMILES string of the molecule is CCOC(=O)N1CCN(CCC(C#Cc2cccc(Cl)c2)C2CC2)CC1. The molecule has 1 amide bonds. The Kier molecular flexibility index (Phi) is 6.82. The van der Waals surface area contributed by atoms with Crippen molar-refractivity contribution in [3.63, 3.8) is 0 Å². The van der Waals surface area contributed by atoms with Crippen molar-refractivity contribution in [2.75, 3.05) is 39.3 Å². The smallest absolute Gasteiger partial charge is 0.409 e. The lowest BCUT2D eigenvalue weighted by molar-refractivity contribution is 0.0785. The largest absolute Gasteiger partial charge is 0.450 e. The average Bonchev–Trinajstić information content (AvgIpc) is 3.47. The molecule has 1 saturated heterocycles. The molecule has 26 heavy (non-hydrogen) atoms. The molecule has 2 aliphatic rings. The van der Waals surface area contributed by atoms with Gasteiger partial charge in [-0.25, -0.2) is 4.79 Å². The lowest BCUT2D eigenvalue weighted by Gasteiger charge is -2.34. The number of carbonyl (C=O) groups excluding carboxylic acids is 1. The maximum atomic E-state index is 11.8. The first-order valence-corrected chi connectivity index (χ1v) is 9.94. The first kappa shape index (κ1) is 19.1. The lowest BCUT2D eigenvalue weighted by Crippen LogP contribution is -2.49. The van der Waals surface area contributed by atoms with Gasteiger partial charge in [0.2, 0.25) is 0 Å². The van der Waals surface area contributed by atoms with E-state index >= 15 is 0 Å². The first-order valence-electron chi connectivity index (χ1n) is 9.57. The van der Waals surface area contributed by atoms with E-state index in [-0.39, 0.29) is 6.09 Å². The summed E-state index contributed by atoms with van der Waals surface area (Å²) in [7, 11) is 0. The third-order valence-corrected chi connectivity index (χ3v) is 5.31. The van der Waals surface area contributed by atoms with Crippen molar-refractivity contribution in [3.05, 3.63) is 34.9 Å². The summed E-state index contributed by atoms with van der Waals surface area (Å²) in [4.78, 5) is 16.0. The summed E-state index contributed by atoms with van der Waals surface area (Å²) < 4.78 is 5.08. The van der Waals surface area contributed by atoms with Crippen molar-refractivity contribution in [3.8, 4) is 11.8 Å². The van der Waals surface area contributed by atoms with Crippen LogP contribution in [0, 0.1) is 23.7 Å². The molecule has 0 N–H and O–H groups in total. The van der Waals surface area contributed by atoms with Gasteiger partial charge >= 0.3 is 6.09 Å². The Labute approximate surface area is 161 Å². The molecule has 1 aromatic rings. The van der Waals surface area contributed by atoms with E-state index in [9.17, 15) is 4.79 Å². The molecule has 5 heteroatoms. The van der Waals surface area contributed by atoms with Gasteiger partial charge in [-0.05, 0) is 56.8 Å². The number of ether oxygens (including phenoxy) is 1. The highest BCUT2D eigenvalue weighted by Crippen LogP contribution is 2.38. The van der Waals surface area contributed by atoms with Crippen LogP contribution >= 0.6 is 11.6 Å². The Bertz CT molecular complexity index is 670. The Morgan fingerprint density at radius 2 is 2.08 bits per heavy atom. The van der Waals surface area contributed by atoms with Crippen molar-refractivity contribution in [1.82, 2.24) is 9.80 Å². The number of benzene rings is 1. The van der Waals surface area contributed by atoms with Crippen LogP contribution in [0.15, 0.2) is 24.3 Å². The van der Waals surface area contributed by atoms with Gasteiger partial charge in [-0.3, -0.25) is 4.90 Å². The Balaban J connectivity index is 1.48. The van der Waals surface area contributed by atoms with Crippen LogP contribution in [0.25, 0.3) is 0 Å². The summed E-state index contributed by atoms with van der Waals surface area (Å²) in [5.41, 5.74) is 0.992. The molecule has 0 spiro atoms. The molecule has 1 aliphatic heterocycles. The molecular formula is C21H27ClN2O2. The quantitative estimate of drug-likeness (QED) is 0.733. The molecule has 1 aliphatic carbocycles. The van der Waals surface area contributed by atoms with Crippen LogP contribution in [0.3, 0.4) is 0 Å². The Hall–Kier alpha value is -1.70. The second-order valence-corrected chi connectivity index (χ2v) is 7.48. The lowest BCUT2D eigenvalue weighted by atomic mass is 9.99. The van der Waals surface area contributed by atoms with Crippen LogP contribution in [0.1, 0.15) is 31.7 Å². The van der Waals surface area contributed by atoms with Crippen LogP contribution in [0.2, 0.25) is 5.02 Å². The first-order chi connectivity index (χ1) is 12.7. The average molecular weight is 375 g/mol. The number of piperazine rings is 1. The minimum absolute atomic E-state index is 0.185. The second-order valence-electron chi connectivity index (χ2n) is 7.04. The summed E-state index contributed by atoms with van der Waals surface area (Å²) in [6.45, 7) is 6.66. The van der Waals surface area contributed by atoms with E-state index in [0.717, 1.165) is 55.6 Å². The van der Waals surface area contributed by atoms with Crippen LogP contribution in [-0.2, 0) is 4.74 Å². The summed E-state index contributed by atoms with van der Waals surface area (Å²) in [5.74, 6) is 8.00. The Morgan fingerprint density at radius 3 is 2.73 bits per heavy atom.